The molecule has 0 saturated heterocycles. The summed E-state index contributed by atoms with van der Waals surface area (Å²) in [6.07, 6.45) is 1.79. The summed E-state index contributed by atoms with van der Waals surface area (Å²) in [5, 5.41) is 4.11. The van der Waals surface area contributed by atoms with Gasteiger partial charge in [0.15, 0.2) is 0 Å². The molecule has 0 radical (unpaired) electrons. The Labute approximate surface area is 101 Å². The van der Waals surface area contributed by atoms with E-state index in [9.17, 15) is 4.79 Å². The highest BCUT2D eigenvalue weighted by Gasteiger charge is 2.16. The van der Waals surface area contributed by atoms with E-state index in [1.165, 1.54) is 5.56 Å². The molecule has 1 aromatic heterocycles. The van der Waals surface area contributed by atoms with E-state index in [2.05, 4.69) is 11.4 Å². The molecule has 1 heterocycles. The maximum atomic E-state index is 12.0. The van der Waals surface area contributed by atoms with Crippen LogP contribution in [0.3, 0.4) is 0 Å². The predicted molar refractivity (Wildman–Crippen MR) is 68.2 cm³/mol. The molecule has 0 saturated carbocycles. The largest absolute Gasteiger partial charge is 0.341 e. The zero-order valence-corrected chi connectivity index (χ0v) is 10.8. The lowest BCUT2D eigenvalue weighted by Gasteiger charge is -2.20. The molecule has 0 aliphatic rings. The Morgan fingerprint density at radius 2 is 2.38 bits per heavy atom. The molecule has 1 atom stereocenters. The number of nitrogens with zero attached hydrogens (tertiary/aromatic N) is 1. The van der Waals surface area contributed by atoms with Gasteiger partial charge in [0.05, 0.1) is 0 Å². The third kappa shape index (κ3) is 3.94. The number of thiophene rings is 1. The van der Waals surface area contributed by atoms with Gasteiger partial charge in [-0.2, -0.15) is 11.3 Å². The number of carbonyl (C=O) groups excluding carboxylic acids is 1. The van der Waals surface area contributed by atoms with Gasteiger partial charge in [-0.15, -0.1) is 0 Å². The van der Waals surface area contributed by atoms with E-state index < -0.39 is 0 Å². The summed E-state index contributed by atoms with van der Waals surface area (Å²) in [4.78, 5) is 13.8. The number of carbonyl (C=O) groups is 1. The van der Waals surface area contributed by atoms with Crippen LogP contribution < -0.4 is 5.73 Å². The molecule has 90 valence electrons. The molecule has 1 rings (SSSR count). The lowest BCUT2D eigenvalue weighted by Crippen LogP contribution is -2.31. The Hall–Kier alpha value is -0.870. The van der Waals surface area contributed by atoms with E-state index in [1.54, 1.807) is 16.2 Å². The number of nitrogens with two attached hydrogens (primary N) is 1. The van der Waals surface area contributed by atoms with Gasteiger partial charge in [-0.1, -0.05) is 6.92 Å². The van der Waals surface area contributed by atoms with E-state index in [1.807, 2.05) is 19.4 Å². The summed E-state index contributed by atoms with van der Waals surface area (Å²) in [7, 11) is 1.86. The average Bonchev–Trinajstić information content (AvgIpc) is 2.77. The fraction of sp³-hybridized carbons (Fsp3) is 0.583. The molecule has 0 aliphatic heterocycles. The minimum Gasteiger partial charge on any atom is -0.341 e. The first-order valence-corrected chi connectivity index (χ1v) is 6.55. The molecule has 1 aromatic rings. The van der Waals surface area contributed by atoms with Gasteiger partial charge < -0.3 is 10.6 Å². The van der Waals surface area contributed by atoms with Gasteiger partial charge in [-0.3, -0.25) is 4.79 Å². The summed E-state index contributed by atoms with van der Waals surface area (Å²) in [5.74, 6) is 0.284. The smallest absolute Gasteiger partial charge is 0.225 e. The van der Waals surface area contributed by atoms with Crippen molar-refractivity contribution in [3.05, 3.63) is 22.4 Å². The van der Waals surface area contributed by atoms with Crippen LogP contribution in [0, 0.1) is 5.92 Å². The van der Waals surface area contributed by atoms with Crippen molar-refractivity contribution in [1.29, 1.82) is 0 Å². The van der Waals surface area contributed by atoms with E-state index in [0.29, 0.717) is 13.1 Å². The van der Waals surface area contributed by atoms with Gasteiger partial charge in [0.2, 0.25) is 5.91 Å². The van der Waals surface area contributed by atoms with Crippen molar-refractivity contribution in [3.63, 3.8) is 0 Å². The monoisotopic (exact) mass is 240 g/mol. The summed E-state index contributed by atoms with van der Waals surface area (Å²) < 4.78 is 0. The first kappa shape index (κ1) is 13.2. The van der Waals surface area contributed by atoms with E-state index >= 15 is 0 Å². The lowest BCUT2D eigenvalue weighted by molar-refractivity contribution is -0.134. The van der Waals surface area contributed by atoms with Crippen LogP contribution in [-0.2, 0) is 11.3 Å². The van der Waals surface area contributed by atoms with Gasteiger partial charge in [0, 0.05) is 19.5 Å². The first-order valence-electron chi connectivity index (χ1n) is 5.61. The van der Waals surface area contributed by atoms with Crippen molar-refractivity contribution in [2.24, 2.45) is 11.7 Å². The molecule has 2 N–H and O–H groups in total. The summed E-state index contributed by atoms with van der Waals surface area (Å²) in [5.41, 5.74) is 6.64. The fourth-order valence-electron chi connectivity index (χ4n) is 1.66. The van der Waals surface area contributed by atoms with E-state index in [4.69, 9.17) is 5.73 Å². The minimum atomic E-state index is 0.0761. The summed E-state index contributed by atoms with van der Waals surface area (Å²) >= 11 is 1.66. The highest BCUT2D eigenvalue weighted by Crippen LogP contribution is 2.13. The molecule has 0 bridgehead atoms. The Morgan fingerprint density at radius 3 is 2.94 bits per heavy atom. The van der Waals surface area contributed by atoms with Crippen molar-refractivity contribution in [2.75, 3.05) is 13.6 Å². The molecule has 0 fully saturated rings. The van der Waals surface area contributed by atoms with Crippen LogP contribution in [0.4, 0.5) is 0 Å². The van der Waals surface area contributed by atoms with Gasteiger partial charge in [0.1, 0.15) is 0 Å². The van der Waals surface area contributed by atoms with Crippen molar-refractivity contribution >= 4 is 17.2 Å². The maximum absolute atomic E-state index is 12.0. The number of hydrogen-bond donors (Lipinski definition) is 1. The zero-order valence-electron chi connectivity index (χ0n) is 9.98. The van der Waals surface area contributed by atoms with Gasteiger partial charge >= 0.3 is 0 Å². The molecule has 0 spiro atoms. The molecule has 16 heavy (non-hydrogen) atoms. The van der Waals surface area contributed by atoms with Gasteiger partial charge in [-0.05, 0) is 41.8 Å². The predicted octanol–water partition coefficient (Wildman–Crippen LogP) is 2.08. The second-order valence-corrected chi connectivity index (χ2v) is 4.94. The Kier molecular flexibility index (Phi) is 5.49. The maximum Gasteiger partial charge on any atom is 0.225 e. The van der Waals surface area contributed by atoms with Crippen LogP contribution in [0.5, 0.6) is 0 Å². The molecular formula is C12H20N2OS. The van der Waals surface area contributed by atoms with Crippen molar-refractivity contribution in [2.45, 2.75) is 26.3 Å². The normalized spacial score (nSPS) is 12.4. The number of amides is 1. The van der Waals surface area contributed by atoms with Gasteiger partial charge in [-0.25, -0.2) is 0 Å². The highest BCUT2D eigenvalue weighted by atomic mass is 32.1. The van der Waals surface area contributed by atoms with Crippen LogP contribution in [0.2, 0.25) is 0 Å². The van der Waals surface area contributed by atoms with Crippen molar-refractivity contribution in [3.8, 4) is 0 Å². The Morgan fingerprint density at radius 1 is 1.62 bits per heavy atom. The van der Waals surface area contributed by atoms with E-state index in [-0.39, 0.29) is 11.8 Å². The highest BCUT2D eigenvalue weighted by molar-refractivity contribution is 7.07. The third-order valence-corrected chi connectivity index (χ3v) is 3.37. The lowest BCUT2D eigenvalue weighted by atomic mass is 10.0. The van der Waals surface area contributed by atoms with Crippen LogP contribution in [0.25, 0.3) is 0 Å². The second-order valence-electron chi connectivity index (χ2n) is 4.16. The first-order chi connectivity index (χ1) is 7.65. The Balaban J connectivity index is 2.41. The Bertz CT molecular complexity index is 311. The molecule has 3 nitrogen and oxygen atoms in total. The summed E-state index contributed by atoms with van der Waals surface area (Å²) in [6, 6.07) is 2.05. The van der Waals surface area contributed by atoms with Crippen LogP contribution in [-0.4, -0.2) is 24.4 Å². The quantitative estimate of drug-likeness (QED) is 0.827. The number of rotatable bonds is 6. The SMILES string of the molecule is CC(CCCN)C(=O)N(C)Cc1ccsc1. The summed E-state index contributed by atoms with van der Waals surface area (Å²) in [6.45, 7) is 3.34. The van der Waals surface area contributed by atoms with Crippen LogP contribution >= 0.6 is 11.3 Å². The molecule has 0 aromatic carbocycles. The van der Waals surface area contributed by atoms with Gasteiger partial charge in [0.25, 0.3) is 0 Å². The van der Waals surface area contributed by atoms with Crippen LogP contribution in [0.1, 0.15) is 25.3 Å². The average molecular weight is 240 g/mol. The molecular weight excluding hydrogens is 220 g/mol. The second kappa shape index (κ2) is 6.66. The third-order valence-electron chi connectivity index (χ3n) is 2.64. The number of hydrogen-bond acceptors (Lipinski definition) is 3. The van der Waals surface area contributed by atoms with Crippen molar-refractivity contribution < 1.29 is 4.79 Å². The minimum absolute atomic E-state index is 0.0761. The topological polar surface area (TPSA) is 46.3 Å². The molecule has 4 heteroatoms. The van der Waals surface area contributed by atoms with Crippen LogP contribution in [0.15, 0.2) is 16.8 Å². The molecule has 1 unspecified atom stereocenters. The van der Waals surface area contributed by atoms with Crippen molar-refractivity contribution in [1.82, 2.24) is 4.90 Å². The van der Waals surface area contributed by atoms with E-state index in [0.717, 1.165) is 12.8 Å². The molecule has 0 aliphatic carbocycles. The zero-order chi connectivity index (χ0) is 12.0. The molecule has 1 amide bonds. The fourth-order valence-corrected chi connectivity index (χ4v) is 2.32. The standard InChI is InChI=1S/C12H20N2OS/c1-10(4-3-6-13)12(15)14(2)8-11-5-7-16-9-11/h5,7,9-10H,3-4,6,8,13H2,1-2H3.